The van der Waals surface area contributed by atoms with Crippen molar-refractivity contribution in [3.8, 4) is 23.2 Å². The molecular weight excluding hydrogens is 512 g/mol. The summed E-state index contributed by atoms with van der Waals surface area (Å²) in [5.41, 5.74) is 1.03. The molecule has 3 atom stereocenters. The monoisotopic (exact) mass is 548 g/mol. The molecule has 3 aromatic rings. The van der Waals surface area contributed by atoms with Crippen LogP contribution < -0.4 is 4.74 Å². The van der Waals surface area contributed by atoms with Crippen molar-refractivity contribution in [1.29, 1.82) is 0 Å². The molecule has 2 fully saturated rings. The molecule has 6 rings (SSSR count). The molecule has 3 aliphatic rings. The summed E-state index contributed by atoms with van der Waals surface area (Å²) in [5, 5.41) is 12.6. The molecule has 0 radical (unpaired) electrons. The van der Waals surface area contributed by atoms with Crippen LogP contribution in [0.4, 0.5) is 0 Å². The molecule has 1 saturated carbocycles. The lowest BCUT2D eigenvalue weighted by molar-refractivity contribution is -0.128. The second-order valence-electron chi connectivity index (χ2n) is 11.6. The van der Waals surface area contributed by atoms with E-state index >= 15 is 0 Å². The Bertz CT molecular complexity index is 1430. The summed E-state index contributed by atoms with van der Waals surface area (Å²) in [7, 11) is 5.43. The van der Waals surface area contributed by atoms with Gasteiger partial charge in [0.1, 0.15) is 11.9 Å². The molecule has 12 heteroatoms. The van der Waals surface area contributed by atoms with Gasteiger partial charge < -0.3 is 14.2 Å². The van der Waals surface area contributed by atoms with Crippen LogP contribution >= 0.6 is 0 Å². The normalized spacial score (nSPS) is 23.8. The number of ketones is 1. The van der Waals surface area contributed by atoms with Gasteiger partial charge in [0.25, 0.3) is 5.91 Å². The zero-order chi connectivity index (χ0) is 28.0. The first-order valence-corrected chi connectivity index (χ1v) is 14.2. The third-order valence-electron chi connectivity index (χ3n) is 8.72. The summed E-state index contributed by atoms with van der Waals surface area (Å²) in [6.07, 6.45) is 9.30. The minimum absolute atomic E-state index is 0.112. The number of nitrogens with zero attached hydrogens (tertiary/aromatic N) is 8. The first kappa shape index (κ1) is 26.5. The Morgan fingerprint density at radius 2 is 2.00 bits per heavy atom. The SMILES string of the molecule is C[C@H](Oc1cc(-n2cc(C(=O)N(C)C)nn2)nc(-c2noc3c2CCC[C@@]32CCCCC2=O)n1)[C@@H]1CCCN1C. The van der Waals surface area contributed by atoms with Crippen molar-refractivity contribution in [2.24, 2.45) is 0 Å². The topological polar surface area (TPSA) is 132 Å². The van der Waals surface area contributed by atoms with Crippen LogP contribution in [-0.2, 0) is 16.6 Å². The van der Waals surface area contributed by atoms with Crippen molar-refractivity contribution in [2.75, 3.05) is 27.7 Å². The predicted octanol–water partition coefficient (Wildman–Crippen LogP) is 2.99. The van der Waals surface area contributed by atoms with E-state index in [-0.39, 0.29) is 29.5 Å². The molecule has 40 heavy (non-hydrogen) atoms. The molecule has 0 N–H and O–H groups in total. The van der Waals surface area contributed by atoms with Gasteiger partial charge in [0, 0.05) is 38.2 Å². The van der Waals surface area contributed by atoms with Crippen LogP contribution in [0.2, 0.25) is 0 Å². The van der Waals surface area contributed by atoms with E-state index in [4.69, 9.17) is 19.2 Å². The maximum absolute atomic E-state index is 13.2. The van der Waals surface area contributed by atoms with Crippen LogP contribution in [0, 0.1) is 0 Å². The van der Waals surface area contributed by atoms with Gasteiger partial charge in [-0.1, -0.05) is 16.8 Å². The lowest BCUT2D eigenvalue weighted by Gasteiger charge is -2.36. The molecular formula is C28H36N8O4. The fourth-order valence-corrected chi connectivity index (χ4v) is 6.57. The number of carbonyl (C=O) groups is 2. The summed E-state index contributed by atoms with van der Waals surface area (Å²) < 4.78 is 13.8. The summed E-state index contributed by atoms with van der Waals surface area (Å²) in [5.74, 6) is 1.77. The van der Waals surface area contributed by atoms with Gasteiger partial charge >= 0.3 is 0 Å². The Morgan fingerprint density at radius 1 is 1.18 bits per heavy atom. The molecule has 1 saturated heterocycles. The summed E-state index contributed by atoms with van der Waals surface area (Å²) >= 11 is 0. The van der Waals surface area contributed by atoms with Gasteiger partial charge in [0.05, 0.1) is 11.6 Å². The summed E-state index contributed by atoms with van der Waals surface area (Å²) in [6, 6.07) is 1.97. The second-order valence-corrected chi connectivity index (χ2v) is 11.6. The number of hydrogen-bond donors (Lipinski definition) is 0. The molecule has 212 valence electrons. The quantitative estimate of drug-likeness (QED) is 0.453. The van der Waals surface area contributed by atoms with E-state index in [1.807, 2.05) is 6.92 Å². The van der Waals surface area contributed by atoms with Gasteiger partial charge in [0.15, 0.2) is 28.8 Å². The molecule has 4 heterocycles. The maximum Gasteiger partial charge on any atom is 0.275 e. The number of fused-ring (bicyclic) bond motifs is 2. The highest BCUT2D eigenvalue weighted by Gasteiger charge is 2.48. The van der Waals surface area contributed by atoms with Gasteiger partial charge in [-0.3, -0.25) is 14.5 Å². The van der Waals surface area contributed by atoms with Crippen molar-refractivity contribution in [1.82, 2.24) is 39.9 Å². The maximum atomic E-state index is 13.2. The van der Waals surface area contributed by atoms with Gasteiger partial charge in [-0.15, -0.1) is 5.10 Å². The second kappa shape index (κ2) is 10.4. The Morgan fingerprint density at radius 3 is 2.75 bits per heavy atom. The number of likely N-dealkylation sites (tertiary alicyclic amines) is 1. The number of ether oxygens (including phenoxy) is 1. The minimum atomic E-state index is -0.594. The zero-order valence-electron chi connectivity index (χ0n) is 23.6. The smallest absolute Gasteiger partial charge is 0.275 e. The number of carbonyl (C=O) groups excluding carboxylic acids is 2. The van der Waals surface area contributed by atoms with E-state index in [1.165, 1.54) is 9.58 Å². The molecule has 1 amide bonds. The first-order valence-electron chi connectivity index (χ1n) is 14.2. The molecule has 0 aromatic carbocycles. The molecule has 2 aliphatic carbocycles. The molecule has 0 bridgehead atoms. The van der Waals surface area contributed by atoms with Crippen LogP contribution in [0.15, 0.2) is 16.8 Å². The minimum Gasteiger partial charge on any atom is -0.473 e. The van der Waals surface area contributed by atoms with Crippen LogP contribution in [0.1, 0.15) is 80.1 Å². The third-order valence-corrected chi connectivity index (χ3v) is 8.72. The molecule has 12 nitrogen and oxygen atoms in total. The number of likely N-dealkylation sites (N-methyl/N-ethyl adjacent to an activating group) is 1. The van der Waals surface area contributed by atoms with E-state index in [0.29, 0.717) is 35.4 Å². The zero-order valence-corrected chi connectivity index (χ0v) is 23.6. The van der Waals surface area contributed by atoms with Crippen molar-refractivity contribution in [3.63, 3.8) is 0 Å². The number of aromatic nitrogens is 6. The van der Waals surface area contributed by atoms with E-state index < -0.39 is 5.41 Å². The Labute approximate surface area is 233 Å². The molecule has 1 aliphatic heterocycles. The van der Waals surface area contributed by atoms with E-state index in [0.717, 1.165) is 63.5 Å². The fraction of sp³-hybridized carbons (Fsp3) is 0.607. The Balaban J connectivity index is 1.41. The Hall–Kier alpha value is -3.67. The van der Waals surface area contributed by atoms with Crippen molar-refractivity contribution in [3.05, 3.63) is 29.3 Å². The van der Waals surface area contributed by atoms with E-state index in [9.17, 15) is 9.59 Å². The molecule has 3 aromatic heterocycles. The van der Waals surface area contributed by atoms with Crippen molar-refractivity contribution >= 4 is 11.7 Å². The van der Waals surface area contributed by atoms with Gasteiger partial charge in [-0.25, -0.2) is 9.67 Å². The van der Waals surface area contributed by atoms with Crippen LogP contribution in [-0.4, -0.2) is 91.4 Å². The van der Waals surface area contributed by atoms with E-state index in [1.54, 1.807) is 26.4 Å². The highest BCUT2D eigenvalue weighted by Crippen LogP contribution is 2.47. The predicted molar refractivity (Wildman–Crippen MR) is 144 cm³/mol. The standard InChI is InChI=1S/C28H36N8O4/c1-17(20-10-8-14-35(20)4)39-23-15-22(36-16-19(31-33-36)27(38)34(2)3)29-26(30-23)24-18-9-7-13-28(25(18)40-32-24)12-6-5-11-21(28)37/h15-17,20H,5-14H2,1-4H3/t17-,20-,28+/m0/s1. The fourth-order valence-electron chi connectivity index (χ4n) is 6.57. The Kier molecular flexibility index (Phi) is 6.89. The number of rotatable bonds is 6. The van der Waals surface area contributed by atoms with Crippen molar-refractivity contribution < 1.29 is 18.8 Å². The highest BCUT2D eigenvalue weighted by molar-refractivity contribution is 5.92. The van der Waals surface area contributed by atoms with Crippen molar-refractivity contribution in [2.45, 2.75) is 82.3 Å². The lowest BCUT2D eigenvalue weighted by atomic mass is 9.64. The van der Waals surface area contributed by atoms with Gasteiger partial charge in [0.2, 0.25) is 5.88 Å². The summed E-state index contributed by atoms with van der Waals surface area (Å²) in [6.45, 7) is 3.08. The number of amides is 1. The average molecular weight is 549 g/mol. The average Bonchev–Trinajstić information content (AvgIpc) is 3.70. The third kappa shape index (κ3) is 4.57. The highest BCUT2D eigenvalue weighted by atomic mass is 16.5. The van der Waals surface area contributed by atoms with E-state index in [2.05, 4.69) is 27.4 Å². The number of Topliss-reactive ketones (excluding diaryl/α,β-unsaturated/α-hetero) is 1. The molecule has 1 spiro atoms. The summed E-state index contributed by atoms with van der Waals surface area (Å²) in [4.78, 5) is 38.9. The largest absolute Gasteiger partial charge is 0.473 e. The van der Waals surface area contributed by atoms with Crippen LogP contribution in [0.25, 0.3) is 17.3 Å². The number of hydrogen-bond acceptors (Lipinski definition) is 10. The lowest BCUT2D eigenvalue weighted by Crippen LogP contribution is -2.41. The van der Waals surface area contributed by atoms with Gasteiger partial charge in [-0.05, 0) is 65.5 Å². The molecule has 0 unspecified atom stereocenters. The van der Waals surface area contributed by atoms with Crippen LogP contribution in [0.5, 0.6) is 5.88 Å². The van der Waals surface area contributed by atoms with Gasteiger partial charge in [-0.2, -0.15) is 4.98 Å². The van der Waals surface area contributed by atoms with Crippen LogP contribution in [0.3, 0.4) is 0 Å². The first-order chi connectivity index (χ1) is 19.3.